The molecule has 2 atom stereocenters. The van der Waals surface area contributed by atoms with Crippen LogP contribution in [0.5, 0.6) is 0 Å². The second-order valence-corrected chi connectivity index (χ2v) is 2.97. The Bertz CT molecular complexity index is 183. The van der Waals surface area contributed by atoms with E-state index in [-0.39, 0.29) is 12.2 Å². The van der Waals surface area contributed by atoms with Crippen molar-refractivity contribution in [3.8, 4) is 12.5 Å². The first kappa shape index (κ1) is 11.6. The Hall–Kier alpha value is -1.42. The Morgan fingerprint density at radius 3 is 1.69 bits per heavy atom. The lowest BCUT2D eigenvalue weighted by Gasteiger charge is -2.10. The molecule has 0 rings (SSSR count). The number of nitrogens with zero attached hydrogens (tertiary/aromatic N) is 2. The second-order valence-electron chi connectivity index (χ2n) is 2.97. The van der Waals surface area contributed by atoms with E-state index in [1.165, 1.54) is 0 Å². The van der Waals surface area contributed by atoms with Crippen LogP contribution in [0.4, 0.5) is 0 Å². The van der Waals surface area contributed by atoms with E-state index in [2.05, 4.69) is 9.47 Å². The predicted molar refractivity (Wildman–Crippen MR) is 46.2 cm³/mol. The zero-order chi connectivity index (χ0) is 10.1. The van der Waals surface area contributed by atoms with Crippen molar-refractivity contribution < 1.29 is 9.47 Å². The first-order valence-electron chi connectivity index (χ1n) is 4.30. The van der Waals surface area contributed by atoms with E-state index >= 15 is 0 Å². The second kappa shape index (κ2) is 7.24. The fourth-order valence-electron chi connectivity index (χ4n) is 0.991. The molecule has 0 amide bonds. The van der Waals surface area contributed by atoms with Crippen LogP contribution in [0.1, 0.15) is 33.1 Å². The SMILES string of the molecule is CC(CCCC(C)OC#N)OC#N. The Morgan fingerprint density at radius 2 is 1.38 bits per heavy atom. The monoisotopic (exact) mass is 182 g/mol. The summed E-state index contributed by atoms with van der Waals surface area (Å²) < 4.78 is 9.37. The molecule has 0 aliphatic heterocycles. The maximum absolute atomic E-state index is 8.19. The van der Waals surface area contributed by atoms with Gasteiger partial charge in [0.05, 0.1) is 0 Å². The minimum absolute atomic E-state index is 0.0423. The number of ether oxygens (including phenoxy) is 2. The number of hydrogen-bond donors (Lipinski definition) is 0. The molecule has 0 aromatic rings. The summed E-state index contributed by atoms with van der Waals surface area (Å²) in [6, 6.07) is 0. The summed E-state index contributed by atoms with van der Waals surface area (Å²) in [5.74, 6) is 0. The normalized spacial score (nSPS) is 13.5. The van der Waals surface area contributed by atoms with Gasteiger partial charge in [0.15, 0.2) is 0 Å². The van der Waals surface area contributed by atoms with Gasteiger partial charge in [-0.1, -0.05) is 0 Å². The highest BCUT2D eigenvalue weighted by atomic mass is 16.5. The van der Waals surface area contributed by atoms with Gasteiger partial charge >= 0.3 is 0 Å². The third-order valence-corrected chi connectivity index (χ3v) is 1.73. The lowest BCUT2D eigenvalue weighted by Crippen LogP contribution is -2.08. The van der Waals surface area contributed by atoms with Gasteiger partial charge in [0.2, 0.25) is 0 Å². The number of nitriles is 2. The van der Waals surface area contributed by atoms with Crippen LogP contribution in [-0.4, -0.2) is 12.2 Å². The van der Waals surface area contributed by atoms with E-state index in [0.717, 1.165) is 19.3 Å². The predicted octanol–water partition coefficient (Wildman–Crippen LogP) is 1.93. The zero-order valence-electron chi connectivity index (χ0n) is 7.99. The van der Waals surface area contributed by atoms with Crippen LogP contribution >= 0.6 is 0 Å². The van der Waals surface area contributed by atoms with Crippen LogP contribution in [-0.2, 0) is 9.47 Å². The highest BCUT2D eigenvalue weighted by Gasteiger charge is 2.05. The molecule has 4 heteroatoms. The highest BCUT2D eigenvalue weighted by molar-refractivity contribution is 4.62. The van der Waals surface area contributed by atoms with Gasteiger partial charge in [-0.15, -0.1) is 0 Å². The molecule has 0 spiro atoms. The molecular formula is C9H14N2O2. The van der Waals surface area contributed by atoms with E-state index in [1.54, 1.807) is 12.5 Å². The van der Waals surface area contributed by atoms with Gasteiger partial charge in [-0.25, -0.2) is 0 Å². The maximum atomic E-state index is 8.19. The summed E-state index contributed by atoms with van der Waals surface area (Å²) in [6.07, 6.45) is 5.73. The maximum Gasteiger partial charge on any atom is 0.286 e. The summed E-state index contributed by atoms with van der Waals surface area (Å²) in [5.41, 5.74) is 0. The van der Waals surface area contributed by atoms with Gasteiger partial charge in [0.25, 0.3) is 12.5 Å². The highest BCUT2D eigenvalue weighted by Crippen LogP contribution is 2.07. The van der Waals surface area contributed by atoms with Crippen LogP contribution in [0.3, 0.4) is 0 Å². The van der Waals surface area contributed by atoms with Crippen molar-refractivity contribution in [2.24, 2.45) is 0 Å². The molecule has 0 heterocycles. The van der Waals surface area contributed by atoms with Crippen molar-refractivity contribution in [2.45, 2.75) is 45.3 Å². The average Bonchev–Trinajstić information content (AvgIpc) is 2.05. The molecule has 4 nitrogen and oxygen atoms in total. The number of hydrogen-bond acceptors (Lipinski definition) is 4. The Morgan fingerprint density at radius 1 is 1.00 bits per heavy atom. The van der Waals surface area contributed by atoms with Gasteiger partial charge in [-0.3, -0.25) is 0 Å². The first-order valence-corrected chi connectivity index (χ1v) is 4.30. The largest absolute Gasteiger partial charge is 0.424 e. The van der Waals surface area contributed by atoms with Crippen molar-refractivity contribution in [2.75, 3.05) is 0 Å². The fourth-order valence-corrected chi connectivity index (χ4v) is 0.991. The third-order valence-electron chi connectivity index (χ3n) is 1.73. The van der Waals surface area contributed by atoms with Gasteiger partial charge < -0.3 is 9.47 Å². The summed E-state index contributed by atoms with van der Waals surface area (Å²) >= 11 is 0. The molecule has 0 saturated carbocycles. The van der Waals surface area contributed by atoms with Crippen molar-refractivity contribution in [1.29, 1.82) is 10.5 Å². The minimum Gasteiger partial charge on any atom is -0.424 e. The molecule has 0 bridgehead atoms. The van der Waals surface area contributed by atoms with Crippen molar-refractivity contribution in [3.05, 3.63) is 0 Å². The molecular weight excluding hydrogens is 168 g/mol. The molecule has 0 radical (unpaired) electrons. The molecule has 0 aliphatic carbocycles. The first-order chi connectivity index (χ1) is 6.20. The van der Waals surface area contributed by atoms with E-state index in [4.69, 9.17) is 10.5 Å². The molecule has 0 N–H and O–H groups in total. The molecule has 13 heavy (non-hydrogen) atoms. The number of rotatable bonds is 6. The minimum atomic E-state index is -0.0423. The van der Waals surface area contributed by atoms with Crippen LogP contribution in [0.15, 0.2) is 0 Å². The summed E-state index contributed by atoms with van der Waals surface area (Å²) in [7, 11) is 0. The van der Waals surface area contributed by atoms with Gasteiger partial charge in [0, 0.05) is 0 Å². The van der Waals surface area contributed by atoms with Gasteiger partial charge in [-0.05, 0) is 33.1 Å². The van der Waals surface area contributed by atoms with Crippen LogP contribution < -0.4 is 0 Å². The van der Waals surface area contributed by atoms with Crippen LogP contribution in [0.25, 0.3) is 0 Å². The average molecular weight is 182 g/mol. The quantitative estimate of drug-likeness (QED) is 0.588. The molecule has 0 aromatic carbocycles. The van der Waals surface area contributed by atoms with E-state index in [0.29, 0.717) is 0 Å². The lowest BCUT2D eigenvalue weighted by molar-refractivity contribution is 0.141. The Balaban J connectivity index is 3.35. The van der Waals surface area contributed by atoms with Crippen molar-refractivity contribution in [3.63, 3.8) is 0 Å². The van der Waals surface area contributed by atoms with Crippen molar-refractivity contribution >= 4 is 0 Å². The van der Waals surface area contributed by atoms with E-state index < -0.39 is 0 Å². The topological polar surface area (TPSA) is 66.0 Å². The smallest absolute Gasteiger partial charge is 0.286 e. The molecule has 0 saturated heterocycles. The van der Waals surface area contributed by atoms with Crippen LogP contribution in [0.2, 0.25) is 0 Å². The van der Waals surface area contributed by atoms with Crippen molar-refractivity contribution in [1.82, 2.24) is 0 Å². The molecule has 0 aromatic heterocycles. The van der Waals surface area contributed by atoms with Gasteiger partial charge in [0.1, 0.15) is 12.2 Å². The fraction of sp³-hybridized carbons (Fsp3) is 0.778. The summed E-state index contributed by atoms with van der Waals surface area (Å²) in [5, 5.41) is 16.4. The lowest BCUT2D eigenvalue weighted by atomic mass is 10.1. The van der Waals surface area contributed by atoms with Crippen LogP contribution in [0, 0.1) is 23.0 Å². The standard InChI is InChI=1S/C9H14N2O2/c1-8(12-6-10)4-3-5-9(2)13-7-11/h8-9H,3-5H2,1-2H3. The summed E-state index contributed by atoms with van der Waals surface area (Å²) in [4.78, 5) is 0. The molecule has 72 valence electrons. The Kier molecular flexibility index (Phi) is 6.45. The zero-order valence-corrected chi connectivity index (χ0v) is 7.99. The summed E-state index contributed by atoms with van der Waals surface area (Å²) in [6.45, 7) is 3.69. The molecule has 0 aliphatic rings. The van der Waals surface area contributed by atoms with E-state index in [1.807, 2.05) is 13.8 Å². The van der Waals surface area contributed by atoms with Gasteiger partial charge in [-0.2, -0.15) is 10.5 Å². The third kappa shape index (κ3) is 6.96. The molecule has 2 unspecified atom stereocenters. The van der Waals surface area contributed by atoms with E-state index in [9.17, 15) is 0 Å². The molecule has 0 fully saturated rings. The Labute approximate surface area is 78.7 Å².